The number of nitrogens with one attached hydrogen (secondary N) is 1. The molecule has 0 aromatic carbocycles. The second-order valence-corrected chi connectivity index (χ2v) is 43.7. The standard InChI is InChI=1S/C31H75NO8Si6/c1-25(2)35-46(20,36-26(3)4)23-21-22-32-31(33)30(40-45(17,18)19)29(39-44(14,15)16)28(38-43(11,12)13)27(37-42(8,9)10)24-34-41(5,6)7/h25-30H,21-24H2,1-20H3,(H,32,33)/t27-,28-,29+,30-/m1/s1. The number of hydrogen-bond acceptors (Lipinski definition) is 8. The second kappa shape index (κ2) is 18.6. The van der Waals surface area contributed by atoms with Gasteiger partial charge in [0.15, 0.2) is 47.7 Å². The Morgan fingerprint density at radius 1 is 0.543 bits per heavy atom. The third kappa shape index (κ3) is 23.0. The van der Waals surface area contributed by atoms with Gasteiger partial charge in [0, 0.05) is 18.8 Å². The fourth-order valence-electron chi connectivity index (χ4n) is 4.97. The molecule has 0 unspecified atom stereocenters. The van der Waals surface area contributed by atoms with Crippen molar-refractivity contribution < 1.29 is 35.8 Å². The van der Waals surface area contributed by atoms with Gasteiger partial charge >= 0.3 is 8.56 Å². The Morgan fingerprint density at radius 2 is 0.957 bits per heavy atom. The molecule has 0 aromatic heterocycles. The highest BCUT2D eigenvalue weighted by molar-refractivity contribution is 6.71. The highest BCUT2D eigenvalue weighted by Crippen LogP contribution is 2.29. The van der Waals surface area contributed by atoms with Crippen LogP contribution in [-0.2, 0) is 35.8 Å². The maximum atomic E-state index is 14.3. The number of carbonyl (C=O) groups excluding carboxylic acids is 1. The molecule has 0 saturated carbocycles. The van der Waals surface area contributed by atoms with Crippen LogP contribution in [0.4, 0.5) is 0 Å². The third-order valence-electron chi connectivity index (χ3n) is 5.97. The van der Waals surface area contributed by atoms with Crippen LogP contribution in [0.2, 0.25) is 111 Å². The lowest BCUT2D eigenvalue weighted by molar-refractivity contribution is -0.141. The van der Waals surface area contributed by atoms with Gasteiger partial charge in [-0.2, -0.15) is 0 Å². The molecular weight excluding hydrogens is 683 g/mol. The van der Waals surface area contributed by atoms with Gasteiger partial charge in [-0.3, -0.25) is 4.79 Å². The van der Waals surface area contributed by atoms with Crippen molar-refractivity contribution in [3.8, 4) is 0 Å². The SMILES string of the molecule is CC(C)O[Si](C)(CCCNC(=O)[C@H](O[Si](C)(C)C)[C@@H](O[Si](C)(C)C)[C@H](O[Si](C)(C)C)[C@@H](CO[Si](C)(C)C)O[Si](C)(C)C)OC(C)C. The van der Waals surface area contributed by atoms with Gasteiger partial charge < -0.3 is 36.3 Å². The molecule has 0 bridgehead atoms. The van der Waals surface area contributed by atoms with Crippen molar-refractivity contribution in [1.82, 2.24) is 5.32 Å². The Bertz CT molecular complexity index is 882. The molecule has 0 spiro atoms. The summed E-state index contributed by atoms with van der Waals surface area (Å²) >= 11 is 0. The van der Waals surface area contributed by atoms with E-state index in [-0.39, 0.29) is 18.1 Å². The molecule has 276 valence electrons. The molecule has 0 aliphatic carbocycles. The highest BCUT2D eigenvalue weighted by Gasteiger charge is 2.47. The van der Waals surface area contributed by atoms with E-state index in [1.807, 2.05) is 27.7 Å². The van der Waals surface area contributed by atoms with Gasteiger partial charge in [-0.1, -0.05) is 0 Å². The molecule has 0 saturated heterocycles. The number of amides is 1. The Balaban J connectivity index is 6.73. The topological polar surface area (TPSA) is 93.7 Å². The molecule has 0 aliphatic rings. The van der Waals surface area contributed by atoms with E-state index in [4.69, 9.17) is 31.0 Å². The molecule has 0 fully saturated rings. The fourth-order valence-corrected chi connectivity index (χ4v) is 13.0. The smallest absolute Gasteiger partial charge is 0.335 e. The van der Waals surface area contributed by atoms with Gasteiger partial charge in [0.1, 0.15) is 12.2 Å². The van der Waals surface area contributed by atoms with Crippen molar-refractivity contribution in [2.45, 2.75) is 182 Å². The number of rotatable bonds is 23. The summed E-state index contributed by atoms with van der Waals surface area (Å²) in [6, 6.07) is 0.777. The Labute approximate surface area is 290 Å². The zero-order chi connectivity index (χ0) is 36.5. The predicted octanol–water partition coefficient (Wildman–Crippen LogP) is 8.15. The first-order valence-corrected chi connectivity index (χ1v) is 36.9. The first-order chi connectivity index (χ1) is 20.3. The van der Waals surface area contributed by atoms with Gasteiger partial charge in [0.25, 0.3) is 5.91 Å². The predicted molar refractivity (Wildman–Crippen MR) is 209 cm³/mol. The van der Waals surface area contributed by atoms with Crippen LogP contribution < -0.4 is 5.32 Å². The molecule has 0 rings (SSSR count). The molecule has 1 amide bonds. The average Bonchev–Trinajstić information content (AvgIpc) is 2.76. The lowest BCUT2D eigenvalue weighted by Gasteiger charge is -2.45. The van der Waals surface area contributed by atoms with E-state index >= 15 is 0 Å². The van der Waals surface area contributed by atoms with E-state index in [0.717, 1.165) is 12.5 Å². The van der Waals surface area contributed by atoms with Crippen molar-refractivity contribution in [3.63, 3.8) is 0 Å². The van der Waals surface area contributed by atoms with Crippen LogP contribution in [0.15, 0.2) is 0 Å². The summed E-state index contributed by atoms with van der Waals surface area (Å²) in [4.78, 5) is 14.3. The van der Waals surface area contributed by atoms with Crippen LogP contribution in [0, 0.1) is 0 Å². The quantitative estimate of drug-likeness (QED) is 0.0825. The number of hydrogen-bond donors (Lipinski definition) is 1. The molecule has 15 heteroatoms. The molecule has 46 heavy (non-hydrogen) atoms. The molecule has 0 heterocycles. The van der Waals surface area contributed by atoms with E-state index in [2.05, 4.69) is 110 Å². The van der Waals surface area contributed by atoms with E-state index < -0.39 is 74.6 Å². The Kier molecular flexibility index (Phi) is 18.8. The zero-order valence-corrected chi connectivity index (χ0v) is 39.6. The molecule has 0 aromatic rings. The van der Waals surface area contributed by atoms with Gasteiger partial charge in [-0.25, -0.2) is 0 Å². The molecule has 1 N–H and O–H groups in total. The molecule has 0 aliphatic heterocycles. The zero-order valence-electron chi connectivity index (χ0n) is 33.6. The van der Waals surface area contributed by atoms with Gasteiger partial charge in [0.2, 0.25) is 0 Å². The minimum absolute atomic E-state index is 0.0820. The minimum Gasteiger partial charge on any atom is -0.415 e. The van der Waals surface area contributed by atoms with E-state index in [0.29, 0.717) is 13.2 Å². The van der Waals surface area contributed by atoms with Crippen molar-refractivity contribution in [2.75, 3.05) is 13.2 Å². The third-order valence-corrected chi connectivity index (χ3v) is 14.1. The van der Waals surface area contributed by atoms with E-state index in [1.54, 1.807) is 0 Å². The van der Waals surface area contributed by atoms with Crippen LogP contribution in [0.25, 0.3) is 0 Å². The van der Waals surface area contributed by atoms with Gasteiger partial charge in [-0.15, -0.1) is 0 Å². The van der Waals surface area contributed by atoms with Crippen LogP contribution >= 0.6 is 0 Å². The summed E-state index contributed by atoms with van der Waals surface area (Å²) in [6.45, 7) is 43.5. The molecule has 9 nitrogen and oxygen atoms in total. The highest BCUT2D eigenvalue weighted by atomic mass is 28.4. The summed E-state index contributed by atoms with van der Waals surface area (Å²) in [6.07, 6.45) is -1.56. The van der Waals surface area contributed by atoms with E-state index in [1.165, 1.54) is 0 Å². The largest absolute Gasteiger partial charge is 0.415 e. The maximum Gasteiger partial charge on any atom is 0.335 e. The van der Waals surface area contributed by atoms with Crippen molar-refractivity contribution in [2.24, 2.45) is 0 Å². The van der Waals surface area contributed by atoms with E-state index in [9.17, 15) is 4.79 Å². The van der Waals surface area contributed by atoms with Gasteiger partial charge in [-0.05, 0) is 145 Å². The fraction of sp³-hybridized carbons (Fsp3) is 0.968. The van der Waals surface area contributed by atoms with Gasteiger partial charge in [0.05, 0.1) is 12.7 Å². The van der Waals surface area contributed by atoms with Crippen molar-refractivity contribution in [1.29, 1.82) is 0 Å². The summed E-state index contributed by atoms with van der Waals surface area (Å²) in [5, 5.41) is 3.22. The normalized spacial score (nSPS) is 16.9. The Morgan fingerprint density at radius 3 is 1.33 bits per heavy atom. The molecule has 0 radical (unpaired) electrons. The first-order valence-electron chi connectivity index (χ1n) is 17.3. The summed E-state index contributed by atoms with van der Waals surface area (Å²) in [5.74, 6) is -0.175. The lowest BCUT2D eigenvalue weighted by atomic mass is 10.0. The summed E-state index contributed by atoms with van der Waals surface area (Å²) in [7, 11) is -13.0. The Hall–Kier alpha value is 0.491. The monoisotopic (exact) mass is 757 g/mol. The summed E-state index contributed by atoms with van der Waals surface area (Å²) < 4.78 is 46.7. The van der Waals surface area contributed by atoms with Crippen molar-refractivity contribution >= 4 is 56.1 Å². The number of carbonyl (C=O) groups is 1. The second-order valence-electron chi connectivity index (χ2n) is 18.1. The van der Waals surface area contributed by atoms with Crippen LogP contribution in [-0.4, -0.2) is 106 Å². The van der Waals surface area contributed by atoms with Crippen LogP contribution in [0.1, 0.15) is 34.1 Å². The van der Waals surface area contributed by atoms with Crippen molar-refractivity contribution in [3.05, 3.63) is 0 Å². The molecular formula is C31H75NO8Si6. The van der Waals surface area contributed by atoms with Crippen LogP contribution in [0.5, 0.6) is 0 Å². The molecule has 4 atom stereocenters. The lowest BCUT2D eigenvalue weighted by Crippen LogP contribution is -2.62. The first kappa shape index (κ1) is 46.5. The van der Waals surface area contributed by atoms with Crippen LogP contribution in [0.3, 0.4) is 0 Å². The minimum atomic E-state index is -2.41. The maximum absolute atomic E-state index is 14.3. The average molecular weight is 758 g/mol. The summed E-state index contributed by atoms with van der Waals surface area (Å²) in [5.41, 5.74) is 0.